The topological polar surface area (TPSA) is 136 Å². The average Bonchev–Trinajstić information content (AvgIpc) is 3.07. The van der Waals surface area contributed by atoms with Gasteiger partial charge in [-0.3, -0.25) is 9.59 Å². The molecule has 11 heteroatoms. The van der Waals surface area contributed by atoms with Gasteiger partial charge in [0.2, 0.25) is 6.79 Å². The lowest BCUT2D eigenvalue weighted by Gasteiger charge is -2.06. The van der Waals surface area contributed by atoms with Gasteiger partial charge in [-0.25, -0.2) is 0 Å². The number of azo groups is 3. The first kappa shape index (κ1) is 32.3. The van der Waals surface area contributed by atoms with E-state index in [1.807, 2.05) is 68.4 Å². The number of rotatable bonds is 15. The monoisotopic (exact) mass is 606 g/mol. The van der Waals surface area contributed by atoms with Gasteiger partial charge in [0.1, 0.15) is 17.3 Å². The summed E-state index contributed by atoms with van der Waals surface area (Å²) in [6, 6.07) is 27.0. The minimum absolute atomic E-state index is 0.132. The summed E-state index contributed by atoms with van der Waals surface area (Å²) in [4.78, 5) is 22.6. The van der Waals surface area contributed by atoms with E-state index >= 15 is 0 Å². The van der Waals surface area contributed by atoms with Gasteiger partial charge in [0.25, 0.3) is 0 Å². The van der Waals surface area contributed by atoms with Crippen molar-refractivity contribution in [2.24, 2.45) is 30.7 Å². The molecule has 0 aliphatic rings. The number of hydrogen-bond acceptors (Lipinski definition) is 11. The first-order valence-corrected chi connectivity index (χ1v) is 14.5. The molecular weight excluding hydrogens is 572 g/mol. The highest BCUT2D eigenvalue weighted by Gasteiger charge is 2.03. The molecule has 45 heavy (non-hydrogen) atoms. The van der Waals surface area contributed by atoms with Crippen LogP contribution in [0.15, 0.2) is 122 Å². The van der Waals surface area contributed by atoms with Gasteiger partial charge < -0.3 is 14.2 Å². The number of carbonyl (C=O) groups is 2. The third-order valence-electron chi connectivity index (χ3n) is 6.32. The Bertz CT molecular complexity index is 1650. The zero-order chi connectivity index (χ0) is 31.9. The van der Waals surface area contributed by atoms with Crippen molar-refractivity contribution < 1.29 is 23.8 Å². The zero-order valence-corrected chi connectivity index (χ0v) is 25.4. The maximum Gasteiger partial charge on any atom is 0.308 e. The predicted octanol–water partition coefficient (Wildman–Crippen LogP) is 10.3. The van der Waals surface area contributed by atoms with Gasteiger partial charge in [-0.1, -0.05) is 13.8 Å². The van der Waals surface area contributed by atoms with Gasteiger partial charge in [-0.15, -0.1) is 0 Å². The quantitative estimate of drug-likeness (QED) is 0.0753. The van der Waals surface area contributed by atoms with Crippen molar-refractivity contribution in [3.8, 4) is 11.5 Å². The number of benzene rings is 4. The Morgan fingerprint density at radius 1 is 0.578 bits per heavy atom. The summed E-state index contributed by atoms with van der Waals surface area (Å²) in [6.07, 6.45) is 1.23. The molecule has 0 amide bonds. The summed E-state index contributed by atoms with van der Waals surface area (Å²) in [5.41, 5.74) is 4.99. The van der Waals surface area contributed by atoms with Crippen LogP contribution >= 0.6 is 0 Å². The number of aryl methyl sites for hydroxylation is 1. The van der Waals surface area contributed by atoms with Crippen LogP contribution in [0, 0.1) is 6.92 Å². The molecule has 0 aliphatic carbocycles. The first-order chi connectivity index (χ1) is 21.9. The van der Waals surface area contributed by atoms with Crippen LogP contribution in [-0.4, -0.2) is 25.2 Å². The van der Waals surface area contributed by atoms with Crippen LogP contribution in [0.4, 0.5) is 34.1 Å². The summed E-state index contributed by atoms with van der Waals surface area (Å²) in [6.45, 7) is 5.73. The van der Waals surface area contributed by atoms with Crippen LogP contribution in [-0.2, 0) is 14.3 Å². The van der Waals surface area contributed by atoms with E-state index in [9.17, 15) is 9.59 Å². The van der Waals surface area contributed by atoms with E-state index in [1.165, 1.54) is 0 Å². The molecule has 0 spiro atoms. The summed E-state index contributed by atoms with van der Waals surface area (Å²) in [5, 5.41) is 25.8. The average molecular weight is 607 g/mol. The van der Waals surface area contributed by atoms with Gasteiger partial charge in [0.15, 0.2) is 0 Å². The Hall–Kier alpha value is -5.58. The Kier molecular flexibility index (Phi) is 12.1. The smallest absolute Gasteiger partial charge is 0.308 e. The molecule has 0 atom stereocenters. The Morgan fingerprint density at radius 2 is 1.04 bits per heavy atom. The Morgan fingerprint density at radius 3 is 1.56 bits per heavy atom. The van der Waals surface area contributed by atoms with Gasteiger partial charge in [-0.2, -0.15) is 30.7 Å². The standard InChI is InChI=1S/C34H34N6O5/c1-4-30(41)20-21-43-31-15-10-27(11-16-31)36-35-25-6-8-26(9-7-25)38-40-33-19-14-29(22-24(33)3)39-37-28-12-17-32(18-13-28)44-23-45-34(42)5-2/h6-19,22H,4-5,20-21,23H2,1-3H3. The Balaban J connectivity index is 1.26. The molecule has 0 radical (unpaired) electrons. The largest absolute Gasteiger partial charge is 0.493 e. The maximum atomic E-state index is 11.4. The van der Waals surface area contributed by atoms with Crippen LogP contribution in [0.3, 0.4) is 0 Å². The van der Waals surface area contributed by atoms with Crippen LogP contribution in [0.5, 0.6) is 11.5 Å². The van der Waals surface area contributed by atoms with Crippen LogP contribution in [0.2, 0.25) is 0 Å². The first-order valence-electron chi connectivity index (χ1n) is 14.5. The molecule has 0 N–H and O–H groups in total. The van der Waals surface area contributed by atoms with Crippen molar-refractivity contribution in [2.75, 3.05) is 13.4 Å². The van der Waals surface area contributed by atoms with Crippen molar-refractivity contribution >= 4 is 45.9 Å². The molecule has 4 aromatic carbocycles. The lowest BCUT2D eigenvalue weighted by atomic mass is 10.2. The molecular formula is C34H34N6O5. The lowest BCUT2D eigenvalue weighted by molar-refractivity contribution is -0.149. The van der Waals surface area contributed by atoms with Gasteiger partial charge in [-0.05, 0) is 103 Å². The van der Waals surface area contributed by atoms with Crippen molar-refractivity contribution in [3.05, 3.63) is 96.6 Å². The normalized spacial score (nSPS) is 11.4. The van der Waals surface area contributed by atoms with Crippen LogP contribution in [0.25, 0.3) is 0 Å². The fourth-order valence-electron chi connectivity index (χ4n) is 3.69. The molecule has 0 aromatic heterocycles. The molecule has 4 aromatic rings. The minimum atomic E-state index is -0.318. The fraction of sp³-hybridized carbons (Fsp3) is 0.235. The van der Waals surface area contributed by atoms with E-state index in [-0.39, 0.29) is 18.5 Å². The van der Waals surface area contributed by atoms with Gasteiger partial charge >= 0.3 is 5.97 Å². The molecule has 0 unspecified atom stereocenters. The molecule has 11 nitrogen and oxygen atoms in total. The highest BCUT2D eigenvalue weighted by molar-refractivity contribution is 5.78. The summed E-state index contributed by atoms with van der Waals surface area (Å²) in [7, 11) is 0. The second-order valence-corrected chi connectivity index (χ2v) is 9.70. The third kappa shape index (κ3) is 10.9. The zero-order valence-electron chi connectivity index (χ0n) is 25.4. The van der Waals surface area contributed by atoms with Crippen molar-refractivity contribution in [3.63, 3.8) is 0 Å². The molecule has 0 heterocycles. The predicted molar refractivity (Wildman–Crippen MR) is 170 cm³/mol. The number of Topliss-reactive ketones (excluding diaryl/α,β-unsaturated/α-hetero) is 1. The highest BCUT2D eigenvalue weighted by Crippen LogP contribution is 2.29. The van der Waals surface area contributed by atoms with Crippen molar-refractivity contribution in [1.29, 1.82) is 0 Å². The molecule has 0 saturated heterocycles. The number of ether oxygens (including phenoxy) is 3. The van der Waals surface area contributed by atoms with Crippen molar-refractivity contribution in [2.45, 2.75) is 40.0 Å². The van der Waals surface area contributed by atoms with E-state index in [0.29, 0.717) is 71.5 Å². The minimum Gasteiger partial charge on any atom is -0.493 e. The number of nitrogens with zero attached hydrogens (tertiary/aromatic N) is 6. The fourth-order valence-corrected chi connectivity index (χ4v) is 3.69. The van der Waals surface area contributed by atoms with Gasteiger partial charge in [0, 0.05) is 19.3 Å². The lowest BCUT2D eigenvalue weighted by Crippen LogP contribution is -2.08. The van der Waals surface area contributed by atoms with E-state index < -0.39 is 0 Å². The van der Waals surface area contributed by atoms with E-state index in [4.69, 9.17) is 14.2 Å². The summed E-state index contributed by atoms with van der Waals surface area (Å²) >= 11 is 0. The third-order valence-corrected chi connectivity index (χ3v) is 6.32. The number of carbonyl (C=O) groups excluding carboxylic acids is 2. The van der Waals surface area contributed by atoms with E-state index in [0.717, 1.165) is 5.56 Å². The number of hydrogen-bond donors (Lipinski definition) is 0. The molecule has 4 rings (SSSR count). The number of ketones is 1. The second kappa shape index (κ2) is 16.9. The van der Waals surface area contributed by atoms with Crippen molar-refractivity contribution in [1.82, 2.24) is 0 Å². The van der Waals surface area contributed by atoms with E-state index in [2.05, 4.69) is 30.7 Å². The SMILES string of the molecule is CCC(=O)CCOc1ccc(N=Nc2ccc(N=Nc3ccc(N=Nc4ccc(OCOC(=O)CC)cc4)cc3C)cc2)cc1. The second-order valence-electron chi connectivity index (χ2n) is 9.70. The van der Waals surface area contributed by atoms with Crippen LogP contribution < -0.4 is 9.47 Å². The summed E-state index contributed by atoms with van der Waals surface area (Å²) < 4.78 is 15.9. The molecule has 0 fully saturated rings. The molecule has 0 bridgehead atoms. The maximum absolute atomic E-state index is 11.4. The van der Waals surface area contributed by atoms with Crippen LogP contribution in [0.1, 0.15) is 38.7 Å². The number of esters is 1. The van der Waals surface area contributed by atoms with Gasteiger partial charge in [0.05, 0.1) is 40.7 Å². The molecule has 0 saturated carbocycles. The van der Waals surface area contributed by atoms with E-state index in [1.54, 1.807) is 43.3 Å². The summed E-state index contributed by atoms with van der Waals surface area (Å²) in [5.74, 6) is 1.11. The Labute approximate surface area is 261 Å². The highest BCUT2D eigenvalue weighted by atomic mass is 16.7. The molecule has 230 valence electrons. The molecule has 0 aliphatic heterocycles.